The summed E-state index contributed by atoms with van der Waals surface area (Å²) in [7, 11) is 0. The number of morpholine rings is 1. The maximum atomic E-state index is 12.4. The molecule has 0 spiro atoms. The number of hydrogen-bond donors (Lipinski definition) is 2. The highest BCUT2D eigenvalue weighted by atomic mass is 16.5. The van der Waals surface area contributed by atoms with Gasteiger partial charge in [-0.2, -0.15) is 0 Å². The molecule has 168 valence electrons. The van der Waals surface area contributed by atoms with Crippen molar-refractivity contribution in [1.29, 1.82) is 0 Å². The van der Waals surface area contributed by atoms with Crippen LogP contribution in [0.2, 0.25) is 0 Å². The molecule has 32 heavy (non-hydrogen) atoms. The Balaban J connectivity index is 1.24. The molecule has 2 aromatic rings. The lowest BCUT2D eigenvalue weighted by atomic mass is 9.98. The van der Waals surface area contributed by atoms with Crippen LogP contribution in [0.25, 0.3) is 11.1 Å². The van der Waals surface area contributed by atoms with Crippen molar-refractivity contribution >= 4 is 18.0 Å². The van der Waals surface area contributed by atoms with Crippen LogP contribution < -0.4 is 5.32 Å². The summed E-state index contributed by atoms with van der Waals surface area (Å²) in [4.78, 5) is 37.0. The Morgan fingerprint density at radius 1 is 1.06 bits per heavy atom. The molecule has 8 nitrogen and oxygen atoms in total. The first-order valence-corrected chi connectivity index (χ1v) is 10.7. The van der Waals surface area contributed by atoms with E-state index in [4.69, 9.17) is 14.6 Å². The number of carboxylic acid groups (broad SMARTS) is 1. The van der Waals surface area contributed by atoms with Gasteiger partial charge in [0.05, 0.1) is 19.1 Å². The van der Waals surface area contributed by atoms with Gasteiger partial charge in [-0.1, -0.05) is 48.5 Å². The Morgan fingerprint density at radius 2 is 1.72 bits per heavy atom. The van der Waals surface area contributed by atoms with Gasteiger partial charge in [-0.05, 0) is 22.3 Å². The molecular formula is C24H26N2O6. The Bertz CT molecular complexity index is 962. The molecule has 1 atom stereocenters. The van der Waals surface area contributed by atoms with E-state index in [1.807, 2.05) is 24.3 Å². The van der Waals surface area contributed by atoms with Crippen LogP contribution in [0.4, 0.5) is 4.79 Å². The summed E-state index contributed by atoms with van der Waals surface area (Å²) >= 11 is 0. The number of alkyl carbamates (subject to hydrolysis) is 1. The van der Waals surface area contributed by atoms with Gasteiger partial charge in [-0.25, -0.2) is 4.79 Å². The molecule has 8 heteroatoms. The number of fused-ring (bicyclic) bond motifs is 3. The smallest absolute Gasteiger partial charge is 0.407 e. The van der Waals surface area contributed by atoms with E-state index in [9.17, 15) is 14.4 Å². The second-order valence-corrected chi connectivity index (χ2v) is 7.93. The van der Waals surface area contributed by atoms with E-state index < -0.39 is 18.2 Å². The maximum absolute atomic E-state index is 12.4. The minimum atomic E-state index is -0.957. The zero-order valence-corrected chi connectivity index (χ0v) is 17.7. The van der Waals surface area contributed by atoms with Crippen molar-refractivity contribution in [2.24, 2.45) is 0 Å². The zero-order valence-electron chi connectivity index (χ0n) is 17.7. The third kappa shape index (κ3) is 4.91. The van der Waals surface area contributed by atoms with Gasteiger partial charge < -0.3 is 24.8 Å². The molecule has 0 saturated carbocycles. The van der Waals surface area contributed by atoms with Gasteiger partial charge in [0.2, 0.25) is 5.91 Å². The van der Waals surface area contributed by atoms with E-state index in [1.54, 1.807) is 4.90 Å². The number of nitrogens with zero attached hydrogens (tertiary/aromatic N) is 1. The molecule has 1 saturated heterocycles. The Morgan fingerprint density at radius 3 is 2.38 bits per heavy atom. The van der Waals surface area contributed by atoms with Crippen LogP contribution in [0, 0.1) is 0 Å². The first-order chi connectivity index (χ1) is 15.5. The van der Waals surface area contributed by atoms with E-state index in [2.05, 4.69) is 29.6 Å². The first-order valence-electron chi connectivity index (χ1n) is 10.7. The van der Waals surface area contributed by atoms with Gasteiger partial charge in [0.1, 0.15) is 6.61 Å². The normalized spacial score (nSPS) is 17.4. The molecule has 4 rings (SSSR count). The van der Waals surface area contributed by atoms with Gasteiger partial charge in [-0.3, -0.25) is 9.59 Å². The number of rotatable bonds is 7. The fourth-order valence-corrected chi connectivity index (χ4v) is 4.34. The molecule has 1 heterocycles. The van der Waals surface area contributed by atoms with E-state index >= 15 is 0 Å². The number of amides is 2. The Hall–Kier alpha value is -3.39. The Labute approximate surface area is 186 Å². The van der Waals surface area contributed by atoms with Crippen LogP contribution in [0.15, 0.2) is 48.5 Å². The van der Waals surface area contributed by atoms with Crippen molar-refractivity contribution in [3.63, 3.8) is 0 Å². The molecule has 1 fully saturated rings. The van der Waals surface area contributed by atoms with Gasteiger partial charge in [0, 0.05) is 32.0 Å². The highest BCUT2D eigenvalue weighted by Crippen LogP contribution is 2.44. The number of aliphatic carboxylic acids is 1. The number of benzene rings is 2. The van der Waals surface area contributed by atoms with Crippen LogP contribution in [-0.4, -0.2) is 66.9 Å². The molecular weight excluding hydrogens is 412 g/mol. The second-order valence-electron chi connectivity index (χ2n) is 7.93. The fraction of sp³-hybridized carbons (Fsp3) is 0.375. The standard InChI is InChI=1S/C24H26N2O6/c27-22(26-11-12-31-16(14-26)13-23(28)29)9-10-25-24(30)32-15-21-19-7-3-1-5-17(19)18-6-2-4-8-20(18)21/h1-8,16,21H,9-15H2,(H,25,30)(H,28,29). The zero-order chi connectivity index (χ0) is 22.5. The predicted molar refractivity (Wildman–Crippen MR) is 116 cm³/mol. The third-order valence-electron chi connectivity index (χ3n) is 5.85. The summed E-state index contributed by atoms with van der Waals surface area (Å²) in [6.07, 6.45) is -1.09. The van der Waals surface area contributed by atoms with E-state index in [0.717, 1.165) is 22.3 Å². The average Bonchev–Trinajstić information content (AvgIpc) is 3.11. The van der Waals surface area contributed by atoms with Gasteiger partial charge in [0.15, 0.2) is 0 Å². The number of carbonyl (C=O) groups excluding carboxylic acids is 2. The largest absolute Gasteiger partial charge is 0.481 e. The molecule has 2 aromatic carbocycles. The molecule has 2 aliphatic rings. The molecule has 1 aliphatic heterocycles. The molecule has 2 N–H and O–H groups in total. The minimum absolute atomic E-state index is 0.0192. The van der Waals surface area contributed by atoms with E-state index in [1.165, 1.54) is 0 Å². The lowest BCUT2D eigenvalue weighted by Crippen LogP contribution is -2.47. The van der Waals surface area contributed by atoms with Crippen LogP contribution in [0.3, 0.4) is 0 Å². The van der Waals surface area contributed by atoms with Crippen molar-refractivity contribution in [2.75, 3.05) is 32.8 Å². The summed E-state index contributed by atoms with van der Waals surface area (Å²) in [6.45, 7) is 1.34. The van der Waals surface area contributed by atoms with Crippen molar-refractivity contribution < 1.29 is 29.0 Å². The fourth-order valence-electron chi connectivity index (χ4n) is 4.34. The quantitative estimate of drug-likeness (QED) is 0.689. The summed E-state index contributed by atoms with van der Waals surface area (Å²) in [5, 5.41) is 11.5. The van der Waals surface area contributed by atoms with Gasteiger partial charge >= 0.3 is 12.1 Å². The van der Waals surface area contributed by atoms with Crippen LogP contribution in [0.1, 0.15) is 29.9 Å². The second kappa shape index (κ2) is 9.82. The highest BCUT2D eigenvalue weighted by Gasteiger charge is 2.29. The minimum Gasteiger partial charge on any atom is -0.481 e. The predicted octanol–water partition coefficient (Wildman–Crippen LogP) is 2.62. The van der Waals surface area contributed by atoms with Gasteiger partial charge in [0.25, 0.3) is 0 Å². The number of carbonyl (C=O) groups is 3. The monoisotopic (exact) mass is 438 g/mol. The van der Waals surface area contributed by atoms with E-state index in [-0.39, 0.29) is 44.4 Å². The van der Waals surface area contributed by atoms with Crippen molar-refractivity contribution in [2.45, 2.75) is 24.9 Å². The van der Waals surface area contributed by atoms with Crippen LogP contribution >= 0.6 is 0 Å². The SMILES string of the molecule is O=C(O)CC1CN(C(=O)CCNC(=O)OCC2c3ccccc3-c3ccccc32)CCO1. The van der Waals surface area contributed by atoms with Crippen molar-refractivity contribution in [3.05, 3.63) is 59.7 Å². The van der Waals surface area contributed by atoms with Crippen molar-refractivity contribution in [1.82, 2.24) is 10.2 Å². The average molecular weight is 438 g/mol. The molecule has 0 radical (unpaired) electrons. The lowest BCUT2D eigenvalue weighted by molar-refractivity contribution is -0.147. The Kier molecular flexibility index (Phi) is 6.70. The topological polar surface area (TPSA) is 105 Å². The molecule has 0 bridgehead atoms. The highest BCUT2D eigenvalue weighted by molar-refractivity contribution is 5.79. The van der Waals surface area contributed by atoms with E-state index in [0.29, 0.717) is 13.2 Å². The number of ether oxygens (including phenoxy) is 2. The molecule has 2 amide bonds. The summed E-state index contributed by atoms with van der Waals surface area (Å²) < 4.78 is 10.8. The summed E-state index contributed by atoms with van der Waals surface area (Å²) in [5.74, 6) is -1.13. The first kappa shape index (κ1) is 21.8. The van der Waals surface area contributed by atoms with Gasteiger partial charge in [-0.15, -0.1) is 0 Å². The summed E-state index contributed by atoms with van der Waals surface area (Å²) in [5.41, 5.74) is 4.60. The number of carboxylic acids is 1. The van der Waals surface area contributed by atoms with Crippen LogP contribution in [0.5, 0.6) is 0 Å². The van der Waals surface area contributed by atoms with Crippen LogP contribution in [-0.2, 0) is 19.1 Å². The molecule has 0 aromatic heterocycles. The van der Waals surface area contributed by atoms with Crippen molar-refractivity contribution in [3.8, 4) is 11.1 Å². The number of hydrogen-bond acceptors (Lipinski definition) is 5. The lowest BCUT2D eigenvalue weighted by Gasteiger charge is -2.32. The third-order valence-corrected chi connectivity index (χ3v) is 5.85. The molecule has 1 unspecified atom stereocenters. The number of nitrogens with one attached hydrogen (secondary N) is 1. The summed E-state index contributed by atoms with van der Waals surface area (Å²) in [6, 6.07) is 16.2. The molecule has 1 aliphatic carbocycles. The maximum Gasteiger partial charge on any atom is 0.407 e.